The first-order valence-corrected chi connectivity index (χ1v) is 4.47. The summed E-state index contributed by atoms with van der Waals surface area (Å²) in [6, 6.07) is 0. The zero-order chi connectivity index (χ0) is 8.32. The zero-order valence-electron chi connectivity index (χ0n) is 7.77. The Kier molecular flexibility index (Phi) is 2.72. The molecular weight excluding hydrogens is 134 g/mol. The molecule has 0 heterocycles. The minimum Gasteiger partial charge on any atom is -0.309 e. The molecule has 0 bridgehead atoms. The van der Waals surface area contributed by atoms with Crippen LogP contribution in [0.3, 0.4) is 0 Å². The van der Waals surface area contributed by atoms with Crippen LogP contribution in [0.4, 0.5) is 0 Å². The molecule has 0 aliphatic heterocycles. The fraction of sp³-hybridized carbons (Fsp3) is 0.800. The number of nitrogens with zero attached hydrogens (tertiary/aromatic N) is 1. The van der Waals surface area contributed by atoms with Gasteiger partial charge in [0.1, 0.15) is 0 Å². The lowest BCUT2D eigenvalue weighted by atomic mass is 9.67. The second-order valence-electron chi connectivity index (χ2n) is 3.97. The quantitative estimate of drug-likeness (QED) is 0.560. The molecule has 0 atom stereocenters. The maximum absolute atomic E-state index is 3.91. The second kappa shape index (κ2) is 3.40. The smallest absolute Gasteiger partial charge is 0.00166 e. The van der Waals surface area contributed by atoms with Crippen molar-refractivity contribution in [3.05, 3.63) is 12.7 Å². The summed E-state index contributed by atoms with van der Waals surface area (Å²) in [5.41, 5.74) is 0.518. The molecule has 1 rings (SSSR count). The molecule has 0 aromatic rings. The van der Waals surface area contributed by atoms with Crippen LogP contribution >= 0.6 is 0 Å². The van der Waals surface area contributed by atoms with Gasteiger partial charge in [0.05, 0.1) is 0 Å². The number of hydrogen-bond acceptors (Lipinski definition) is 1. The molecule has 11 heavy (non-hydrogen) atoms. The van der Waals surface area contributed by atoms with Gasteiger partial charge >= 0.3 is 0 Å². The van der Waals surface area contributed by atoms with E-state index in [1.54, 1.807) is 0 Å². The molecule has 1 saturated carbocycles. The van der Waals surface area contributed by atoms with Crippen LogP contribution in [0.15, 0.2) is 12.7 Å². The minimum atomic E-state index is 0.518. The van der Waals surface area contributed by atoms with E-state index in [1.807, 2.05) is 0 Å². The second-order valence-corrected chi connectivity index (χ2v) is 3.97. The fourth-order valence-corrected chi connectivity index (χ4v) is 1.63. The van der Waals surface area contributed by atoms with E-state index in [0.717, 1.165) is 0 Å². The van der Waals surface area contributed by atoms with Crippen molar-refractivity contribution in [3.63, 3.8) is 0 Å². The summed E-state index contributed by atoms with van der Waals surface area (Å²) in [4.78, 5) is 2.25. The van der Waals surface area contributed by atoms with Gasteiger partial charge in [-0.3, -0.25) is 0 Å². The van der Waals surface area contributed by atoms with E-state index < -0.39 is 0 Å². The molecule has 0 radical (unpaired) electrons. The van der Waals surface area contributed by atoms with Crippen LogP contribution in [0.25, 0.3) is 0 Å². The Morgan fingerprint density at radius 3 is 2.36 bits per heavy atom. The number of hydrogen-bond donors (Lipinski definition) is 0. The molecule has 1 aliphatic carbocycles. The zero-order valence-corrected chi connectivity index (χ0v) is 7.77. The van der Waals surface area contributed by atoms with E-state index in [4.69, 9.17) is 0 Å². The average molecular weight is 153 g/mol. The Hall–Kier alpha value is -0.300. The van der Waals surface area contributed by atoms with Gasteiger partial charge in [0.25, 0.3) is 0 Å². The van der Waals surface area contributed by atoms with Crippen molar-refractivity contribution in [1.29, 1.82) is 0 Å². The van der Waals surface area contributed by atoms with Gasteiger partial charge in [-0.1, -0.05) is 12.5 Å². The molecule has 1 fully saturated rings. The van der Waals surface area contributed by atoms with Crippen molar-refractivity contribution in [2.45, 2.75) is 25.7 Å². The lowest BCUT2D eigenvalue weighted by molar-refractivity contribution is 0.168. The van der Waals surface area contributed by atoms with Gasteiger partial charge in [-0.2, -0.15) is 0 Å². The third-order valence-electron chi connectivity index (χ3n) is 2.84. The highest BCUT2D eigenvalue weighted by Gasteiger charge is 2.32. The largest absolute Gasteiger partial charge is 0.309 e. The maximum atomic E-state index is 3.91. The molecular formula is C10H19N. The predicted octanol–water partition coefficient (Wildman–Crippen LogP) is 2.29. The number of rotatable bonds is 4. The first-order chi connectivity index (χ1) is 5.18. The van der Waals surface area contributed by atoms with E-state index in [1.165, 1.54) is 32.2 Å². The molecule has 1 heteroatoms. The molecule has 0 N–H and O–H groups in total. The van der Waals surface area contributed by atoms with Crippen LogP contribution in [0, 0.1) is 5.41 Å². The molecule has 64 valence electrons. The molecule has 0 aromatic carbocycles. The van der Waals surface area contributed by atoms with Crippen LogP contribution in [0.2, 0.25) is 0 Å². The summed E-state index contributed by atoms with van der Waals surface area (Å²) in [5.74, 6) is 0. The normalized spacial score (nSPS) is 21.4. The van der Waals surface area contributed by atoms with Crippen molar-refractivity contribution < 1.29 is 0 Å². The molecule has 0 unspecified atom stereocenters. The van der Waals surface area contributed by atoms with Crippen molar-refractivity contribution in [1.82, 2.24) is 4.90 Å². The van der Waals surface area contributed by atoms with Gasteiger partial charge in [-0.15, -0.1) is 6.58 Å². The molecule has 1 nitrogen and oxygen atoms in total. The van der Waals surface area contributed by atoms with Crippen LogP contribution in [0.1, 0.15) is 25.7 Å². The lowest BCUT2D eigenvalue weighted by Crippen LogP contribution is -2.30. The molecule has 0 saturated heterocycles. The van der Waals surface area contributed by atoms with E-state index in [0.29, 0.717) is 5.41 Å². The van der Waals surface area contributed by atoms with E-state index in [2.05, 4.69) is 31.7 Å². The Labute approximate surface area is 70.1 Å². The van der Waals surface area contributed by atoms with Crippen LogP contribution in [-0.2, 0) is 0 Å². The van der Waals surface area contributed by atoms with Crippen LogP contribution in [-0.4, -0.2) is 25.5 Å². The predicted molar refractivity (Wildman–Crippen MR) is 49.7 cm³/mol. The van der Waals surface area contributed by atoms with Crippen molar-refractivity contribution in [3.8, 4) is 0 Å². The molecule has 0 aromatic heterocycles. The van der Waals surface area contributed by atoms with Gasteiger partial charge in [0, 0.05) is 0 Å². The van der Waals surface area contributed by atoms with Gasteiger partial charge in [-0.25, -0.2) is 0 Å². The lowest BCUT2D eigenvalue weighted by Gasteiger charge is -2.40. The summed E-state index contributed by atoms with van der Waals surface area (Å²) in [6.45, 7) is 5.11. The van der Waals surface area contributed by atoms with Gasteiger partial charge in [0.15, 0.2) is 0 Å². The average Bonchev–Trinajstić information content (AvgIpc) is 1.86. The highest BCUT2D eigenvalue weighted by Crippen LogP contribution is 2.44. The van der Waals surface area contributed by atoms with Gasteiger partial charge in [-0.05, 0) is 45.3 Å². The minimum absolute atomic E-state index is 0.518. The maximum Gasteiger partial charge on any atom is -0.00166 e. The summed E-state index contributed by atoms with van der Waals surface area (Å²) in [6.07, 6.45) is 7.59. The standard InChI is InChI=1S/C10H19N/c1-4-10(6-5-7-10)8-9-11(2)3/h4H,1,5-9H2,2-3H3. The van der Waals surface area contributed by atoms with Crippen LogP contribution < -0.4 is 0 Å². The molecule has 1 aliphatic rings. The van der Waals surface area contributed by atoms with E-state index in [9.17, 15) is 0 Å². The Morgan fingerprint density at radius 2 is 2.09 bits per heavy atom. The monoisotopic (exact) mass is 153 g/mol. The molecule has 0 amide bonds. The first-order valence-electron chi connectivity index (χ1n) is 4.47. The highest BCUT2D eigenvalue weighted by atomic mass is 15.0. The van der Waals surface area contributed by atoms with E-state index >= 15 is 0 Å². The first kappa shape index (κ1) is 8.79. The SMILES string of the molecule is C=CC1(CCN(C)C)CCC1. The number of allylic oxidation sites excluding steroid dienone is 1. The summed E-state index contributed by atoms with van der Waals surface area (Å²) in [5, 5.41) is 0. The Bertz CT molecular complexity index is 134. The van der Waals surface area contributed by atoms with Crippen LogP contribution in [0.5, 0.6) is 0 Å². The van der Waals surface area contributed by atoms with E-state index in [-0.39, 0.29) is 0 Å². The van der Waals surface area contributed by atoms with Gasteiger partial charge in [0.2, 0.25) is 0 Å². The summed E-state index contributed by atoms with van der Waals surface area (Å²) >= 11 is 0. The fourth-order valence-electron chi connectivity index (χ4n) is 1.63. The van der Waals surface area contributed by atoms with Crippen molar-refractivity contribution in [2.75, 3.05) is 20.6 Å². The van der Waals surface area contributed by atoms with Crippen molar-refractivity contribution >= 4 is 0 Å². The highest BCUT2D eigenvalue weighted by molar-refractivity contribution is 5.00. The summed E-state index contributed by atoms with van der Waals surface area (Å²) < 4.78 is 0. The van der Waals surface area contributed by atoms with Crippen molar-refractivity contribution in [2.24, 2.45) is 5.41 Å². The third-order valence-corrected chi connectivity index (χ3v) is 2.84. The Morgan fingerprint density at radius 1 is 1.45 bits per heavy atom. The Balaban J connectivity index is 2.27. The molecule has 0 spiro atoms. The third kappa shape index (κ3) is 2.06. The summed E-state index contributed by atoms with van der Waals surface area (Å²) in [7, 11) is 4.27. The topological polar surface area (TPSA) is 3.24 Å². The van der Waals surface area contributed by atoms with Gasteiger partial charge < -0.3 is 4.90 Å².